The first-order valence-corrected chi connectivity index (χ1v) is 9.94. The SMILES string of the molecule is C[C@H](NC(=O)c1cc([N+](=O)[O-])ccc1N1CCOCC1)c1cccc2ccccc12. The van der Waals surface area contributed by atoms with Gasteiger partial charge < -0.3 is 15.0 Å². The number of amides is 1. The largest absolute Gasteiger partial charge is 0.378 e. The van der Waals surface area contributed by atoms with Crippen molar-refractivity contribution in [3.63, 3.8) is 0 Å². The third-order valence-corrected chi connectivity index (χ3v) is 5.42. The van der Waals surface area contributed by atoms with Gasteiger partial charge in [0.1, 0.15) is 0 Å². The number of nitrogens with one attached hydrogen (secondary N) is 1. The Hall–Kier alpha value is -3.45. The highest BCUT2D eigenvalue weighted by Gasteiger charge is 2.23. The van der Waals surface area contributed by atoms with Crippen molar-refractivity contribution in [2.45, 2.75) is 13.0 Å². The molecule has 0 aromatic heterocycles. The van der Waals surface area contributed by atoms with Crippen LogP contribution in [0.4, 0.5) is 11.4 Å². The van der Waals surface area contributed by atoms with Crippen LogP contribution in [-0.2, 0) is 4.74 Å². The molecule has 30 heavy (non-hydrogen) atoms. The summed E-state index contributed by atoms with van der Waals surface area (Å²) in [5, 5.41) is 16.5. The van der Waals surface area contributed by atoms with E-state index in [0.717, 1.165) is 16.3 Å². The Morgan fingerprint density at radius 1 is 1.10 bits per heavy atom. The summed E-state index contributed by atoms with van der Waals surface area (Å²) in [5.41, 5.74) is 1.89. The second kappa shape index (κ2) is 8.51. The Morgan fingerprint density at radius 3 is 2.60 bits per heavy atom. The fraction of sp³-hybridized carbons (Fsp3) is 0.261. The lowest BCUT2D eigenvalue weighted by Gasteiger charge is -2.30. The molecule has 154 valence electrons. The summed E-state index contributed by atoms with van der Waals surface area (Å²) in [6, 6.07) is 18.2. The monoisotopic (exact) mass is 405 g/mol. The molecule has 3 aromatic rings. The molecule has 0 aliphatic carbocycles. The molecule has 0 saturated carbocycles. The maximum atomic E-state index is 13.2. The number of hydrogen-bond donors (Lipinski definition) is 1. The van der Waals surface area contributed by atoms with E-state index in [4.69, 9.17) is 4.74 Å². The van der Waals surface area contributed by atoms with Gasteiger partial charge in [-0.3, -0.25) is 14.9 Å². The summed E-state index contributed by atoms with van der Waals surface area (Å²) >= 11 is 0. The Labute approximate surface area is 174 Å². The van der Waals surface area contributed by atoms with Crippen molar-refractivity contribution in [3.05, 3.63) is 81.9 Å². The second-order valence-electron chi connectivity index (χ2n) is 7.32. The highest BCUT2D eigenvalue weighted by Crippen LogP contribution is 2.28. The number of carbonyl (C=O) groups excluding carboxylic acids is 1. The van der Waals surface area contributed by atoms with Crippen molar-refractivity contribution in [3.8, 4) is 0 Å². The van der Waals surface area contributed by atoms with Crippen LogP contribution < -0.4 is 10.2 Å². The van der Waals surface area contributed by atoms with Gasteiger partial charge in [-0.2, -0.15) is 0 Å². The van der Waals surface area contributed by atoms with Crippen LogP contribution in [0.15, 0.2) is 60.7 Å². The number of nitro groups is 1. The number of fused-ring (bicyclic) bond motifs is 1. The van der Waals surface area contributed by atoms with E-state index in [2.05, 4.69) is 5.32 Å². The van der Waals surface area contributed by atoms with Crippen LogP contribution in [0.2, 0.25) is 0 Å². The van der Waals surface area contributed by atoms with Crippen molar-refractivity contribution in [1.82, 2.24) is 5.32 Å². The normalized spacial score (nSPS) is 15.0. The molecule has 7 heteroatoms. The summed E-state index contributed by atoms with van der Waals surface area (Å²) < 4.78 is 5.40. The molecule has 0 unspecified atom stereocenters. The van der Waals surface area contributed by atoms with Gasteiger partial charge in [-0.05, 0) is 29.3 Å². The van der Waals surface area contributed by atoms with Crippen molar-refractivity contribution >= 4 is 28.1 Å². The summed E-state index contributed by atoms with van der Waals surface area (Å²) in [6.07, 6.45) is 0. The number of carbonyl (C=O) groups is 1. The van der Waals surface area contributed by atoms with E-state index >= 15 is 0 Å². The maximum Gasteiger partial charge on any atom is 0.270 e. The lowest BCUT2D eigenvalue weighted by molar-refractivity contribution is -0.384. The number of morpholine rings is 1. The average molecular weight is 405 g/mol. The van der Waals surface area contributed by atoms with Crippen LogP contribution in [0.1, 0.15) is 28.9 Å². The van der Waals surface area contributed by atoms with Gasteiger partial charge in [0.15, 0.2) is 0 Å². The number of hydrogen-bond acceptors (Lipinski definition) is 5. The molecule has 7 nitrogen and oxygen atoms in total. The first-order chi connectivity index (χ1) is 14.5. The van der Waals surface area contributed by atoms with Crippen molar-refractivity contribution in [2.24, 2.45) is 0 Å². The number of nitro benzene ring substituents is 1. The van der Waals surface area contributed by atoms with Gasteiger partial charge in [-0.15, -0.1) is 0 Å². The molecule has 1 amide bonds. The van der Waals surface area contributed by atoms with E-state index in [9.17, 15) is 14.9 Å². The number of ether oxygens (including phenoxy) is 1. The summed E-state index contributed by atoms with van der Waals surface area (Å²) in [7, 11) is 0. The highest BCUT2D eigenvalue weighted by atomic mass is 16.6. The zero-order valence-electron chi connectivity index (χ0n) is 16.7. The maximum absolute atomic E-state index is 13.2. The van der Waals surface area contributed by atoms with Crippen molar-refractivity contribution in [2.75, 3.05) is 31.2 Å². The third kappa shape index (κ3) is 3.97. The van der Waals surface area contributed by atoms with Gasteiger partial charge in [-0.25, -0.2) is 0 Å². The summed E-state index contributed by atoms with van der Waals surface area (Å²) in [6.45, 7) is 4.31. The zero-order valence-corrected chi connectivity index (χ0v) is 16.7. The van der Waals surface area contributed by atoms with E-state index < -0.39 is 4.92 Å². The number of rotatable bonds is 5. The molecular formula is C23H23N3O4. The van der Waals surface area contributed by atoms with Crippen molar-refractivity contribution in [1.29, 1.82) is 0 Å². The Bertz CT molecular complexity index is 1090. The number of non-ortho nitro benzene ring substituents is 1. The molecule has 3 aromatic carbocycles. The fourth-order valence-corrected chi connectivity index (χ4v) is 3.88. The van der Waals surface area contributed by atoms with Crippen LogP contribution in [0.3, 0.4) is 0 Å². The van der Waals surface area contributed by atoms with Gasteiger partial charge >= 0.3 is 0 Å². The van der Waals surface area contributed by atoms with E-state index in [1.807, 2.05) is 54.3 Å². The van der Waals surface area contributed by atoms with E-state index in [1.54, 1.807) is 6.07 Å². The highest BCUT2D eigenvalue weighted by molar-refractivity contribution is 6.01. The quantitative estimate of drug-likeness (QED) is 0.511. The summed E-state index contributed by atoms with van der Waals surface area (Å²) in [4.78, 5) is 26.1. The van der Waals surface area contributed by atoms with Gasteiger partial charge in [0, 0.05) is 25.2 Å². The molecule has 0 bridgehead atoms. The fourth-order valence-electron chi connectivity index (χ4n) is 3.88. The third-order valence-electron chi connectivity index (χ3n) is 5.42. The van der Waals surface area contributed by atoms with Crippen LogP contribution >= 0.6 is 0 Å². The summed E-state index contributed by atoms with van der Waals surface area (Å²) in [5.74, 6) is -0.333. The lowest BCUT2D eigenvalue weighted by Crippen LogP contribution is -2.38. The molecule has 1 saturated heterocycles. The van der Waals surface area contributed by atoms with Crippen LogP contribution in [0.25, 0.3) is 10.8 Å². The van der Waals surface area contributed by atoms with E-state index in [0.29, 0.717) is 37.6 Å². The molecule has 0 radical (unpaired) electrons. The first kappa shape index (κ1) is 19.8. The van der Waals surface area contributed by atoms with Gasteiger partial charge in [0.25, 0.3) is 11.6 Å². The molecule has 4 rings (SSSR count). The van der Waals surface area contributed by atoms with Gasteiger partial charge in [0.2, 0.25) is 0 Å². The van der Waals surface area contributed by atoms with E-state index in [1.165, 1.54) is 12.1 Å². The van der Waals surface area contributed by atoms with Crippen LogP contribution in [-0.4, -0.2) is 37.1 Å². The molecule has 1 aliphatic rings. The zero-order chi connectivity index (χ0) is 21.1. The number of anilines is 1. The standard InChI is InChI=1S/C23H23N3O4/c1-16(19-8-4-6-17-5-2-3-7-20(17)19)24-23(27)21-15-18(26(28)29)9-10-22(21)25-11-13-30-14-12-25/h2-10,15-16H,11-14H2,1H3,(H,24,27)/t16-/m0/s1. The van der Waals surface area contributed by atoms with Crippen LogP contribution in [0.5, 0.6) is 0 Å². The van der Waals surface area contributed by atoms with Gasteiger partial charge in [0.05, 0.1) is 35.4 Å². The minimum atomic E-state index is -0.478. The molecule has 1 N–H and O–H groups in total. The Morgan fingerprint density at radius 2 is 1.83 bits per heavy atom. The molecule has 1 atom stereocenters. The minimum absolute atomic E-state index is 0.102. The lowest BCUT2D eigenvalue weighted by atomic mass is 9.99. The topological polar surface area (TPSA) is 84.7 Å². The second-order valence-corrected chi connectivity index (χ2v) is 7.32. The van der Waals surface area contributed by atoms with Crippen LogP contribution in [0, 0.1) is 10.1 Å². The average Bonchev–Trinajstić information content (AvgIpc) is 2.78. The minimum Gasteiger partial charge on any atom is -0.378 e. The molecule has 1 aliphatic heterocycles. The van der Waals surface area contributed by atoms with Crippen molar-refractivity contribution < 1.29 is 14.5 Å². The molecule has 1 fully saturated rings. The Balaban J connectivity index is 1.66. The van der Waals surface area contributed by atoms with E-state index in [-0.39, 0.29) is 17.6 Å². The Kier molecular flexibility index (Phi) is 5.63. The molecule has 0 spiro atoms. The number of benzene rings is 3. The number of nitrogens with zero attached hydrogens (tertiary/aromatic N) is 2. The predicted octanol–water partition coefficient (Wildman–Crippen LogP) is 4.08. The first-order valence-electron chi connectivity index (χ1n) is 9.94. The molecular weight excluding hydrogens is 382 g/mol. The smallest absolute Gasteiger partial charge is 0.270 e. The predicted molar refractivity (Wildman–Crippen MR) is 116 cm³/mol. The van der Waals surface area contributed by atoms with Gasteiger partial charge in [-0.1, -0.05) is 42.5 Å². The molecule has 1 heterocycles.